The Balaban J connectivity index is 1.45. The number of anilines is 1. The second kappa shape index (κ2) is 6.03. The van der Waals surface area contributed by atoms with Gasteiger partial charge in [-0.05, 0) is 55.1 Å². The summed E-state index contributed by atoms with van der Waals surface area (Å²) in [5.41, 5.74) is 7.78. The molecule has 4 rings (SSSR count). The van der Waals surface area contributed by atoms with Crippen LogP contribution in [0.1, 0.15) is 18.4 Å². The largest absolute Gasteiger partial charge is 0.383 e. The molecule has 1 unspecified atom stereocenters. The van der Waals surface area contributed by atoms with E-state index in [9.17, 15) is 4.79 Å². The lowest BCUT2D eigenvalue weighted by Crippen LogP contribution is -2.28. The monoisotopic (exact) mass is 325 g/mol. The fraction of sp³-hybridized carbons (Fsp3) is 0.444. The molecule has 0 aliphatic carbocycles. The summed E-state index contributed by atoms with van der Waals surface area (Å²) in [4.78, 5) is 18.2. The third-order valence-corrected chi connectivity index (χ3v) is 5.30. The number of aromatic nitrogens is 2. The highest BCUT2D eigenvalue weighted by molar-refractivity contribution is 5.36. The van der Waals surface area contributed by atoms with Crippen molar-refractivity contribution in [1.82, 2.24) is 19.8 Å². The van der Waals surface area contributed by atoms with E-state index in [0.717, 1.165) is 25.3 Å². The molecular formula is C18H23N5O. The predicted octanol–water partition coefficient (Wildman–Crippen LogP) is 1.00. The topological polar surface area (TPSA) is 76.2 Å². The summed E-state index contributed by atoms with van der Waals surface area (Å²) in [6.07, 6.45) is 4.26. The van der Waals surface area contributed by atoms with Crippen LogP contribution in [0.15, 0.2) is 41.3 Å². The number of nitrogens with zero attached hydrogens (tertiary/aromatic N) is 3. The Kier molecular flexibility index (Phi) is 3.86. The minimum Gasteiger partial charge on any atom is -0.383 e. The third kappa shape index (κ3) is 2.95. The molecule has 0 saturated carbocycles. The second-order valence-electron chi connectivity index (χ2n) is 7.06. The van der Waals surface area contributed by atoms with Gasteiger partial charge in [0.2, 0.25) is 0 Å². The van der Waals surface area contributed by atoms with E-state index in [1.54, 1.807) is 12.3 Å². The molecule has 0 radical (unpaired) electrons. The van der Waals surface area contributed by atoms with Crippen molar-refractivity contribution in [3.63, 3.8) is 0 Å². The predicted molar refractivity (Wildman–Crippen MR) is 94.1 cm³/mol. The SMILES string of the molecule is Nc1ccn(-c2ccc(CN3CCC4(CCNC4)C3)cc2)c(=O)n1. The summed E-state index contributed by atoms with van der Waals surface area (Å²) < 4.78 is 1.51. The molecular weight excluding hydrogens is 302 g/mol. The van der Waals surface area contributed by atoms with E-state index < -0.39 is 0 Å². The Morgan fingerprint density at radius 3 is 2.75 bits per heavy atom. The van der Waals surface area contributed by atoms with E-state index in [2.05, 4.69) is 27.3 Å². The lowest BCUT2D eigenvalue weighted by Gasteiger charge is -2.22. The zero-order valence-corrected chi connectivity index (χ0v) is 13.7. The third-order valence-electron chi connectivity index (χ3n) is 5.30. The molecule has 1 aromatic heterocycles. The summed E-state index contributed by atoms with van der Waals surface area (Å²) >= 11 is 0. The molecule has 6 heteroatoms. The number of nitrogens with one attached hydrogen (secondary N) is 1. The van der Waals surface area contributed by atoms with Gasteiger partial charge >= 0.3 is 5.69 Å². The smallest absolute Gasteiger partial charge is 0.354 e. The first-order valence-electron chi connectivity index (χ1n) is 8.51. The molecule has 2 fully saturated rings. The van der Waals surface area contributed by atoms with Crippen LogP contribution in [-0.4, -0.2) is 40.6 Å². The van der Waals surface area contributed by atoms with Crippen LogP contribution in [0.4, 0.5) is 5.82 Å². The first-order valence-corrected chi connectivity index (χ1v) is 8.51. The Labute approximate surface area is 141 Å². The fourth-order valence-corrected chi connectivity index (χ4v) is 3.94. The van der Waals surface area contributed by atoms with Crippen LogP contribution >= 0.6 is 0 Å². The van der Waals surface area contributed by atoms with E-state index in [1.807, 2.05) is 12.1 Å². The lowest BCUT2D eigenvalue weighted by atomic mass is 9.86. The summed E-state index contributed by atoms with van der Waals surface area (Å²) in [6.45, 7) is 5.65. The Morgan fingerprint density at radius 1 is 1.21 bits per heavy atom. The normalized spacial score (nSPS) is 24.0. The number of rotatable bonds is 3. The second-order valence-corrected chi connectivity index (χ2v) is 7.06. The van der Waals surface area contributed by atoms with Gasteiger partial charge in [-0.2, -0.15) is 4.98 Å². The van der Waals surface area contributed by atoms with Crippen LogP contribution in [0.2, 0.25) is 0 Å². The number of hydrogen-bond acceptors (Lipinski definition) is 5. The van der Waals surface area contributed by atoms with Gasteiger partial charge in [-0.25, -0.2) is 4.79 Å². The van der Waals surface area contributed by atoms with Gasteiger partial charge in [0.1, 0.15) is 5.82 Å². The van der Waals surface area contributed by atoms with Crippen LogP contribution in [0.3, 0.4) is 0 Å². The summed E-state index contributed by atoms with van der Waals surface area (Å²) in [6, 6.07) is 9.76. The van der Waals surface area contributed by atoms with Gasteiger partial charge in [0, 0.05) is 25.8 Å². The maximum Gasteiger partial charge on any atom is 0.354 e. The van der Waals surface area contributed by atoms with Gasteiger partial charge < -0.3 is 11.1 Å². The molecule has 3 N–H and O–H groups in total. The fourth-order valence-electron chi connectivity index (χ4n) is 3.94. The van der Waals surface area contributed by atoms with Crippen molar-refractivity contribution >= 4 is 5.82 Å². The van der Waals surface area contributed by atoms with E-state index in [4.69, 9.17) is 5.73 Å². The molecule has 1 atom stereocenters. The van der Waals surface area contributed by atoms with Gasteiger partial charge in [0.05, 0.1) is 5.69 Å². The average molecular weight is 325 g/mol. The molecule has 1 spiro atoms. The minimum atomic E-state index is -0.349. The average Bonchev–Trinajstić information content (AvgIpc) is 3.19. The van der Waals surface area contributed by atoms with Crippen LogP contribution in [0.25, 0.3) is 5.69 Å². The van der Waals surface area contributed by atoms with Crippen LogP contribution in [0.5, 0.6) is 0 Å². The molecule has 2 aromatic rings. The molecule has 126 valence electrons. The van der Waals surface area contributed by atoms with Crippen molar-refractivity contribution in [2.75, 3.05) is 31.9 Å². The van der Waals surface area contributed by atoms with Gasteiger partial charge in [0.25, 0.3) is 0 Å². The zero-order valence-electron chi connectivity index (χ0n) is 13.7. The molecule has 6 nitrogen and oxygen atoms in total. The van der Waals surface area contributed by atoms with E-state index in [-0.39, 0.29) is 11.5 Å². The first-order chi connectivity index (χ1) is 11.6. The van der Waals surface area contributed by atoms with E-state index in [1.165, 1.54) is 36.1 Å². The van der Waals surface area contributed by atoms with Crippen LogP contribution < -0.4 is 16.7 Å². The van der Waals surface area contributed by atoms with Gasteiger partial charge in [-0.3, -0.25) is 9.47 Å². The van der Waals surface area contributed by atoms with Crippen molar-refractivity contribution in [2.45, 2.75) is 19.4 Å². The highest BCUT2D eigenvalue weighted by atomic mass is 16.1. The summed E-state index contributed by atoms with van der Waals surface area (Å²) in [5.74, 6) is 0.247. The van der Waals surface area contributed by atoms with Crippen molar-refractivity contribution in [3.05, 3.63) is 52.6 Å². The van der Waals surface area contributed by atoms with Crippen molar-refractivity contribution < 1.29 is 0 Å². The molecule has 24 heavy (non-hydrogen) atoms. The quantitative estimate of drug-likeness (QED) is 0.880. The molecule has 2 aliphatic rings. The highest BCUT2D eigenvalue weighted by Crippen LogP contribution is 2.36. The minimum absolute atomic E-state index is 0.247. The Bertz CT molecular complexity index is 777. The number of hydrogen-bond donors (Lipinski definition) is 2. The molecule has 2 saturated heterocycles. The molecule has 0 bridgehead atoms. The maximum absolute atomic E-state index is 11.9. The molecule has 1 aromatic carbocycles. The first kappa shape index (κ1) is 15.4. The number of nitrogen functional groups attached to an aromatic ring is 1. The lowest BCUT2D eigenvalue weighted by molar-refractivity contribution is 0.268. The van der Waals surface area contributed by atoms with Crippen molar-refractivity contribution in [3.8, 4) is 5.69 Å². The van der Waals surface area contributed by atoms with Gasteiger partial charge in [-0.15, -0.1) is 0 Å². The van der Waals surface area contributed by atoms with Gasteiger partial charge in [-0.1, -0.05) is 12.1 Å². The van der Waals surface area contributed by atoms with E-state index >= 15 is 0 Å². The van der Waals surface area contributed by atoms with Crippen molar-refractivity contribution in [2.24, 2.45) is 5.41 Å². The standard InChI is InChI=1S/C18H23N5O/c19-16-5-9-23(17(24)21-16)15-3-1-14(2-4-15)11-22-10-7-18(13-22)6-8-20-12-18/h1-5,9,20H,6-8,10-13H2,(H2,19,21,24). The number of benzene rings is 1. The van der Waals surface area contributed by atoms with Crippen molar-refractivity contribution in [1.29, 1.82) is 0 Å². The zero-order chi connectivity index (χ0) is 16.6. The molecule has 0 amide bonds. The maximum atomic E-state index is 11.9. The van der Waals surface area contributed by atoms with Crippen LogP contribution in [-0.2, 0) is 6.54 Å². The molecule has 2 aliphatic heterocycles. The Hall–Kier alpha value is -2.18. The number of likely N-dealkylation sites (tertiary alicyclic amines) is 1. The number of nitrogens with two attached hydrogens (primary N) is 1. The summed E-state index contributed by atoms with van der Waals surface area (Å²) in [5, 5.41) is 3.50. The molecule has 3 heterocycles. The Morgan fingerprint density at radius 2 is 2.04 bits per heavy atom. The van der Waals surface area contributed by atoms with E-state index in [0.29, 0.717) is 5.41 Å². The highest BCUT2D eigenvalue weighted by Gasteiger charge is 2.39. The van der Waals surface area contributed by atoms with Crippen LogP contribution in [0, 0.1) is 5.41 Å². The summed E-state index contributed by atoms with van der Waals surface area (Å²) in [7, 11) is 0. The van der Waals surface area contributed by atoms with Gasteiger partial charge in [0.15, 0.2) is 0 Å².